The number of hydrogen-bond donors (Lipinski definition) is 0. The molecule has 2 aliphatic rings. The van der Waals surface area contributed by atoms with Gasteiger partial charge in [0.15, 0.2) is 17.3 Å². The number of ether oxygens (including phenoxy) is 2. The lowest BCUT2D eigenvalue weighted by Gasteiger charge is -2.42. The van der Waals surface area contributed by atoms with Crippen LogP contribution in [-0.2, 0) is 6.42 Å². The summed E-state index contributed by atoms with van der Waals surface area (Å²) >= 11 is 0. The van der Waals surface area contributed by atoms with Gasteiger partial charge in [0.1, 0.15) is 0 Å². The number of methoxy groups -OCH3 is 1. The van der Waals surface area contributed by atoms with Crippen molar-refractivity contribution in [2.45, 2.75) is 44.8 Å². The maximum Gasteiger partial charge on any atom is 0.295 e. The minimum absolute atomic E-state index is 0.0799. The van der Waals surface area contributed by atoms with E-state index in [2.05, 4.69) is 56.3 Å². The van der Waals surface area contributed by atoms with Gasteiger partial charge in [-0.2, -0.15) is 4.98 Å². The summed E-state index contributed by atoms with van der Waals surface area (Å²) in [6, 6.07) is 16.7. The Hall–Kier alpha value is -3.39. The molecule has 2 aromatic carbocycles. The van der Waals surface area contributed by atoms with Crippen molar-refractivity contribution in [3.8, 4) is 11.5 Å². The van der Waals surface area contributed by atoms with E-state index in [9.17, 15) is 4.79 Å². The van der Waals surface area contributed by atoms with Gasteiger partial charge in [-0.3, -0.25) is 9.69 Å². The molecule has 2 heterocycles. The van der Waals surface area contributed by atoms with Crippen molar-refractivity contribution >= 4 is 11.5 Å². The second-order valence-electron chi connectivity index (χ2n) is 9.34. The summed E-state index contributed by atoms with van der Waals surface area (Å²) in [6.45, 7) is 4.32. The minimum atomic E-state index is -0.141. The molecule has 0 radical (unpaired) electrons. The van der Waals surface area contributed by atoms with Crippen LogP contribution >= 0.6 is 0 Å². The molecule has 1 atom stereocenters. The molecule has 0 N–H and O–H groups in total. The Labute approximate surface area is 205 Å². The maximum atomic E-state index is 12.8. The van der Waals surface area contributed by atoms with Gasteiger partial charge in [0.25, 0.3) is 5.89 Å². The first kappa shape index (κ1) is 23.4. The first-order chi connectivity index (χ1) is 17.1. The molecular weight excluding hydrogens is 444 g/mol. The van der Waals surface area contributed by atoms with Gasteiger partial charge in [0, 0.05) is 37.4 Å². The van der Waals surface area contributed by atoms with E-state index >= 15 is 0 Å². The minimum Gasteiger partial charge on any atom is -0.493 e. The predicted octanol–water partition coefficient (Wildman–Crippen LogP) is 3.93. The molecule has 3 aromatic rings. The number of hydrogen-bond acceptors (Lipinski definition) is 8. The Balaban J connectivity index is 1.34. The summed E-state index contributed by atoms with van der Waals surface area (Å²) in [5, 5.41) is 3.77. The molecule has 0 bridgehead atoms. The lowest BCUT2D eigenvalue weighted by Crippen LogP contribution is -2.55. The highest BCUT2D eigenvalue weighted by Crippen LogP contribution is 2.36. The molecule has 0 unspecified atom stereocenters. The number of piperazine rings is 1. The Bertz CT molecular complexity index is 1150. The molecule has 5 rings (SSSR count). The van der Waals surface area contributed by atoms with E-state index in [0.717, 1.165) is 56.1 Å². The van der Waals surface area contributed by atoms with Crippen molar-refractivity contribution < 1.29 is 18.8 Å². The second-order valence-corrected chi connectivity index (χ2v) is 9.34. The third-order valence-corrected chi connectivity index (χ3v) is 6.89. The molecule has 8 heteroatoms. The van der Waals surface area contributed by atoms with Crippen LogP contribution < -0.4 is 14.4 Å². The Morgan fingerprint density at radius 1 is 1.11 bits per heavy atom. The first-order valence-electron chi connectivity index (χ1n) is 12.3. The Kier molecular flexibility index (Phi) is 6.99. The zero-order chi connectivity index (χ0) is 24.2. The molecule has 1 saturated heterocycles. The number of Topliss-reactive ketones (excluding diaryl/α,β-unsaturated/α-hetero) is 1. The number of ketones is 1. The van der Waals surface area contributed by atoms with Crippen LogP contribution in [-0.4, -0.2) is 66.3 Å². The van der Waals surface area contributed by atoms with Gasteiger partial charge in [-0.25, -0.2) is 0 Å². The number of aryl methyl sites for hydroxylation is 1. The van der Waals surface area contributed by atoms with Gasteiger partial charge in [-0.05, 0) is 50.3 Å². The van der Waals surface area contributed by atoms with Crippen LogP contribution in [0.2, 0.25) is 0 Å². The lowest BCUT2D eigenvalue weighted by molar-refractivity contribution is 0.0833. The zero-order valence-corrected chi connectivity index (χ0v) is 20.4. The standard InChI is InChI=1S/C27H32N4O4/c1-19-28-27(35-29-19)24(32)18-31-14-13-30(17-22(31)15-20-7-4-3-5-8-20)21-11-12-25(33-2)26(16-21)34-23-9-6-10-23/h3-5,7-8,11-12,16,22-23H,6,9-10,13-15,17-18H2,1-2H3/t22-/m0/s1. The lowest BCUT2D eigenvalue weighted by atomic mass is 9.96. The first-order valence-corrected chi connectivity index (χ1v) is 12.3. The second kappa shape index (κ2) is 10.5. The third kappa shape index (κ3) is 5.48. The average molecular weight is 477 g/mol. The highest BCUT2D eigenvalue weighted by atomic mass is 16.5. The molecule has 1 saturated carbocycles. The average Bonchev–Trinajstić information content (AvgIpc) is 3.29. The Morgan fingerprint density at radius 2 is 1.94 bits per heavy atom. The molecular formula is C27H32N4O4. The highest BCUT2D eigenvalue weighted by Gasteiger charge is 2.31. The van der Waals surface area contributed by atoms with Crippen LogP contribution in [0.3, 0.4) is 0 Å². The molecule has 1 aromatic heterocycles. The molecule has 35 heavy (non-hydrogen) atoms. The quantitative estimate of drug-likeness (QED) is 0.430. The van der Waals surface area contributed by atoms with E-state index in [0.29, 0.717) is 5.82 Å². The van der Waals surface area contributed by atoms with Crippen LogP contribution in [0.5, 0.6) is 11.5 Å². The number of anilines is 1. The number of rotatable bonds is 9. The van der Waals surface area contributed by atoms with Crippen LogP contribution in [0.4, 0.5) is 5.69 Å². The summed E-state index contributed by atoms with van der Waals surface area (Å²) in [5.41, 5.74) is 2.35. The van der Waals surface area contributed by atoms with Gasteiger partial charge >= 0.3 is 0 Å². The highest BCUT2D eigenvalue weighted by molar-refractivity contribution is 5.93. The van der Waals surface area contributed by atoms with Crippen molar-refractivity contribution in [2.24, 2.45) is 0 Å². The molecule has 184 valence electrons. The van der Waals surface area contributed by atoms with Gasteiger partial charge in [-0.1, -0.05) is 35.5 Å². The van der Waals surface area contributed by atoms with E-state index in [1.54, 1.807) is 14.0 Å². The number of benzene rings is 2. The predicted molar refractivity (Wildman–Crippen MR) is 132 cm³/mol. The zero-order valence-electron chi connectivity index (χ0n) is 20.4. The van der Waals surface area contributed by atoms with Gasteiger partial charge < -0.3 is 18.9 Å². The van der Waals surface area contributed by atoms with Crippen molar-refractivity contribution in [3.05, 3.63) is 65.8 Å². The van der Waals surface area contributed by atoms with Crippen LogP contribution in [0.25, 0.3) is 0 Å². The van der Waals surface area contributed by atoms with Gasteiger partial charge in [0.2, 0.25) is 5.78 Å². The van der Waals surface area contributed by atoms with Crippen molar-refractivity contribution in [3.63, 3.8) is 0 Å². The van der Waals surface area contributed by atoms with E-state index < -0.39 is 0 Å². The SMILES string of the molecule is COc1ccc(N2CCN(CC(=O)c3nc(C)no3)[C@@H](Cc3ccccc3)C2)cc1OC1CCC1. The van der Waals surface area contributed by atoms with E-state index in [-0.39, 0.29) is 30.4 Å². The largest absolute Gasteiger partial charge is 0.493 e. The molecule has 8 nitrogen and oxygen atoms in total. The maximum absolute atomic E-state index is 12.8. The fourth-order valence-corrected chi connectivity index (χ4v) is 4.70. The number of carbonyl (C=O) groups excluding carboxylic acids is 1. The van der Waals surface area contributed by atoms with Gasteiger partial charge in [-0.15, -0.1) is 0 Å². The summed E-state index contributed by atoms with van der Waals surface area (Å²) in [5.74, 6) is 1.98. The monoisotopic (exact) mass is 476 g/mol. The fourth-order valence-electron chi connectivity index (χ4n) is 4.70. The van der Waals surface area contributed by atoms with Crippen LogP contribution in [0.1, 0.15) is 41.3 Å². The normalized spacial score (nSPS) is 18.8. The molecule has 0 spiro atoms. The summed E-state index contributed by atoms with van der Waals surface area (Å²) < 4.78 is 16.9. The van der Waals surface area contributed by atoms with E-state index in [1.807, 2.05) is 12.1 Å². The fraction of sp³-hybridized carbons (Fsp3) is 0.444. The van der Waals surface area contributed by atoms with Crippen LogP contribution in [0.15, 0.2) is 53.1 Å². The summed E-state index contributed by atoms with van der Waals surface area (Å²) in [7, 11) is 1.68. The molecule has 0 amide bonds. The van der Waals surface area contributed by atoms with Crippen molar-refractivity contribution in [1.82, 2.24) is 15.0 Å². The third-order valence-electron chi connectivity index (χ3n) is 6.89. The number of aromatic nitrogens is 2. The molecule has 1 aliphatic heterocycles. The number of carbonyl (C=O) groups is 1. The van der Waals surface area contributed by atoms with E-state index in [1.165, 1.54) is 12.0 Å². The molecule has 2 fully saturated rings. The topological polar surface area (TPSA) is 80.9 Å². The van der Waals surface area contributed by atoms with Crippen molar-refractivity contribution in [2.75, 3.05) is 38.2 Å². The summed E-state index contributed by atoms with van der Waals surface area (Å²) in [6.07, 6.45) is 4.53. The number of nitrogens with zero attached hydrogens (tertiary/aromatic N) is 4. The van der Waals surface area contributed by atoms with Crippen LogP contribution in [0, 0.1) is 6.92 Å². The molecule has 1 aliphatic carbocycles. The smallest absolute Gasteiger partial charge is 0.295 e. The summed E-state index contributed by atoms with van der Waals surface area (Å²) in [4.78, 5) is 21.6. The Morgan fingerprint density at radius 3 is 2.63 bits per heavy atom. The van der Waals surface area contributed by atoms with E-state index in [4.69, 9.17) is 14.0 Å². The van der Waals surface area contributed by atoms with Gasteiger partial charge in [0.05, 0.1) is 19.8 Å². The van der Waals surface area contributed by atoms with Crippen molar-refractivity contribution in [1.29, 1.82) is 0 Å².